The highest BCUT2D eigenvalue weighted by Crippen LogP contribution is 2.30. The zero-order valence-corrected chi connectivity index (χ0v) is 13.9. The largest absolute Gasteiger partial charge is 0.493 e. The van der Waals surface area contributed by atoms with E-state index in [0.29, 0.717) is 29.0 Å². The fourth-order valence-electron chi connectivity index (χ4n) is 1.71. The Kier molecular flexibility index (Phi) is 5.58. The Labute approximate surface area is 136 Å². The van der Waals surface area contributed by atoms with Crippen molar-refractivity contribution in [2.75, 3.05) is 7.11 Å². The van der Waals surface area contributed by atoms with Crippen LogP contribution in [0.1, 0.15) is 11.1 Å². The predicted octanol–water partition coefficient (Wildman–Crippen LogP) is 5.43. The van der Waals surface area contributed by atoms with E-state index in [4.69, 9.17) is 32.7 Å². The summed E-state index contributed by atoms with van der Waals surface area (Å²) in [5.74, 6) is 1.76. The van der Waals surface area contributed by atoms with Gasteiger partial charge in [-0.25, -0.2) is 0 Å². The lowest BCUT2D eigenvalue weighted by Crippen LogP contribution is -1.99. The van der Waals surface area contributed by atoms with Crippen LogP contribution in [0.5, 0.6) is 11.5 Å². The van der Waals surface area contributed by atoms with Gasteiger partial charge in [0.05, 0.1) is 7.11 Å². The molecular weight excluding hydrogens is 363 g/mol. The van der Waals surface area contributed by atoms with Crippen LogP contribution in [0.3, 0.4) is 0 Å². The quantitative estimate of drug-likeness (QED) is 0.648. The Morgan fingerprint density at radius 2 is 1.90 bits per heavy atom. The monoisotopic (exact) mass is 374 g/mol. The molecule has 0 saturated carbocycles. The van der Waals surface area contributed by atoms with E-state index < -0.39 is 0 Å². The van der Waals surface area contributed by atoms with Crippen LogP contribution in [0, 0.1) is 0 Å². The van der Waals surface area contributed by atoms with Gasteiger partial charge in [0.1, 0.15) is 6.61 Å². The summed E-state index contributed by atoms with van der Waals surface area (Å²) < 4.78 is 12.0. The van der Waals surface area contributed by atoms with E-state index >= 15 is 0 Å². The Hall–Kier alpha value is -0.900. The molecule has 0 spiro atoms. The molecule has 0 radical (unpaired) electrons. The third-order valence-corrected chi connectivity index (χ3v) is 3.93. The van der Waals surface area contributed by atoms with Crippen LogP contribution in [0.2, 0.25) is 5.02 Å². The first-order valence-corrected chi connectivity index (χ1v) is 7.64. The SMILES string of the molecule is COc1ccc(CCl)cc1OCc1ccc(Br)cc1Cl. The van der Waals surface area contributed by atoms with Crippen molar-refractivity contribution in [3.05, 3.63) is 57.0 Å². The maximum atomic E-state index is 6.17. The Balaban J connectivity index is 2.17. The van der Waals surface area contributed by atoms with Crippen LogP contribution in [-0.4, -0.2) is 7.11 Å². The van der Waals surface area contributed by atoms with Crippen molar-refractivity contribution >= 4 is 39.1 Å². The topological polar surface area (TPSA) is 18.5 Å². The first kappa shape index (κ1) is 15.5. The molecule has 0 amide bonds. The minimum atomic E-state index is 0.369. The fraction of sp³-hybridized carbons (Fsp3) is 0.200. The molecule has 0 unspecified atom stereocenters. The third-order valence-electron chi connectivity index (χ3n) is 2.78. The van der Waals surface area contributed by atoms with E-state index in [-0.39, 0.29) is 0 Å². The molecule has 0 heterocycles. The lowest BCUT2D eigenvalue weighted by molar-refractivity contribution is 0.284. The molecule has 0 N–H and O–H groups in total. The second kappa shape index (κ2) is 7.21. The van der Waals surface area contributed by atoms with Gasteiger partial charge in [-0.3, -0.25) is 0 Å². The molecule has 0 aliphatic rings. The van der Waals surface area contributed by atoms with Crippen LogP contribution < -0.4 is 9.47 Å². The highest BCUT2D eigenvalue weighted by atomic mass is 79.9. The van der Waals surface area contributed by atoms with Crippen molar-refractivity contribution < 1.29 is 9.47 Å². The number of alkyl halides is 1. The van der Waals surface area contributed by atoms with Crippen LogP contribution in [-0.2, 0) is 12.5 Å². The highest BCUT2D eigenvalue weighted by molar-refractivity contribution is 9.10. The molecule has 0 saturated heterocycles. The van der Waals surface area contributed by atoms with Crippen molar-refractivity contribution in [2.24, 2.45) is 0 Å². The summed E-state index contributed by atoms with van der Waals surface area (Å²) in [6.45, 7) is 0.369. The van der Waals surface area contributed by atoms with Crippen molar-refractivity contribution in [1.82, 2.24) is 0 Å². The van der Waals surface area contributed by atoms with Crippen molar-refractivity contribution in [3.8, 4) is 11.5 Å². The Morgan fingerprint density at radius 1 is 1.10 bits per heavy atom. The molecule has 5 heteroatoms. The van der Waals surface area contributed by atoms with Gasteiger partial charge in [-0.2, -0.15) is 0 Å². The average molecular weight is 376 g/mol. The second-order valence-corrected chi connectivity index (χ2v) is 5.73. The zero-order chi connectivity index (χ0) is 14.5. The lowest BCUT2D eigenvalue weighted by atomic mass is 10.2. The van der Waals surface area contributed by atoms with Crippen LogP contribution in [0.4, 0.5) is 0 Å². The smallest absolute Gasteiger partial charge is 0.161 e. The predicted molar refractivity (Wildman–Crippen MR) is 86.0 cm³/mol. The summed E-state index contributed by atoms with van der Waals surface area (Å²) in [5, 5.41) is 0.659. The molecule has 0 atom stereocenters. The molecule has 2 rings (SSSR count). The summed E-state index contributed by atoms with van der Waals surface area (Å²) in [4.78, 5) is 0. The van der Waals surface area contributed by atoms with Gasteiger partial charge in [0, 0.05) is 20.9 Å². The van der Waals surface area contributed by atoms with Gasteiger partial charge < -0.3 is 9.47 Å². The molecule has 0 fully saturated rings. The van der Waals surface area contributed by atoms with E-state index in [1.165, 1.54) is 0 Å². The maximum absolute atomic E-state index is 6.17. The number of hydrogen-bond donors (Lipinski definition) is 0. The van der Waals surface area contributed by atoms with Gasteiger partial charge in [-0.15, -0.1) is 11.6 Å². The number of rotatable bonds is 5. The number of halogens is 3. The molecule has 0 bridgehead atoms. The van der Waals surface area contributed by atoms with Gasteiger partial charge in [0.2, 0.25) is 0 Å². The van der Waals surface area contributed by atoms with Crippen molar-refractivity contribution in [1.29, 1.82) is 0 Å². The average Bonchev–Trinajstić information content (AvgIpc) is 2.46. The van der Waals surface area contributed by atoms with Crippen LogP contribution >= 0.6 is 39.1 Å². The summed E-state index contributed by atoms with van der Waals surface area (Å²) >= 11 is 15.4. The van der Waals surface area contributed by atoms with E-state index in [2.05, 4.69) is 15.9 Å². The van der Waals surface area contributed by atoms with Gasteiger partial charge in [-0.1, -0.05) is 39.7 Å². The molecule has 106 valence electrons. The van der Waals surface area contributed by atoms with E-state index in [0.717, 1.165) is 15.6 Å². The van der Waals surface area contributed by atoms with Crippen molar-refractivity contribution in [3.63, 3.8) is 0 Å². The number of benzene rings is 2. The molecule has 0 aromatic heterocycles. The molecular formula is C15H13BrCl2O2. The first-order chi connectivity index (χ1) is 9.63. The van der Waals surface area contributed by atoms with Gasteiger partial charge in [0.15, 0.2) is 11.5 Å². The van der Waals surface area contributed by atoms with Crippen LogP contribution in [0.15, 0.2) is 40.9 Å². The normalized spacial score (nSPS) is 10.4. The van der Waals surface area contributed by atoms with E-state index in [9.17, 15) is 0 Å². The molecule has 0 aliphatic carbocycles. The van der Waals surface area contributed by atoms with Crippen molar-refractivity contribution in [2.45, 2.75) is 12.5 Å². The third kappa shape index (κ3) is 3.81. The summed E-state index contributed by atoms with van der Waals surface area (Å²) in [6.07, 6.45) is 0. The molecule has 0 aliphatic heterocycles. The molecule has 2 aromatic rings. The molecule has 2 aromatic carbocycles. The maximum Gasteiger partial charge on any atom is 0.161 e. The Bertz CT molecular complexity index is 602. The van der Waals surface area contributed by atoms with E-state index in [1.807, 2.05) is 36.4 Å². The fourth-order valence-corrected chi connectivity index (χ4v) is 2.61. The zero-order valence-electron chi connectivity index (χ0n) is 10.8. The van der Waals surface area contributed by atoms with Crippen LogP contribution in [0.25, 0.3) is 0 Å². The summed E-state index contributed by atoms with van der Waals surface area (Å²) in [5.41, 5.74) is 1.89. The lowest BCUT2D eigenvalue weighted by Gasteiger charge is -2.12. The minimum absolute atomic E-state index is 0.369. The molecule has 2 nitrogen and oxygen atoms in total. The van der Waals surface area contributed by atoms with Gasteiger partial charge in [0.25, 0.3) is 0 Å². The summed E-state index contributed by atoms with van der Waals surface area (Å²) in [6, 6.07) is 11.3. The molecule has 20 heavy (non-hydrogen) atoms. The first-order valence-electron chi connectivity index (χ1n) is 5.93. The highest BCUT2D eigenvalue weighted by Gasteiger charge is 2.08. The van der Waals surface area contributed by atoms with Gasteiger partial charge in [-0.05, 0) is 29.8 Å². The minimum Gasteiger partial charge on any atom is -0.493 e. The number of methoxy groups -OCH3 is 1. The number of hydrogen-bond acceptors (Lipinski definition) is 2. The van der Waals surface area contributed by atoms with E-state index in [1.54, 1.807) is 7.11 Å². The standard InChI is InChI=1S/C15H13BrCl2O2/c1-19-14-5-2-10(8-17)6-15(14)20-9-11-3-4-12(16)7-13(11)18/h2-7H,8-9H2,1H3. The van der Waals surface area contributed by atoms with Gasteiger partial charge >= 0.3 is 0 Å². The number of ether oxygens (including phenoxy) is 2. The second-order valence-electron chi connectivity index (χ2n) is 4.14. The summed E-state index contributed by atoms with van der Waals surface area (Å²) in [7, 11) is 1.61. The Morgan fingerprint density at radius 3 is 2.55 bits per heavy atom.